The molecule has 1 unspecified atom stereocenters. The third-order valence-electron chi connectivity index (χ3n) is 2.67. The zero-order valence-electron chi connectivity index (χ0n) is 8.93. The summed E-state index contributed by atoms with van der Waals surface area (Å²) in [5.74, 6) is 0.664. The molecule has 0 saturated heterocycles. The number of rotatable bonds is 4. The Balaban J connectivity index is 2.68. The molecule has 0 fully saturated rings. The lowest BCUT2D eigenvalue weighted by molar-refractivity contribution is 0.448. The fourth-order valence-electron chi connectivity index (χ4n) is 1.26. The van der Waals surface area contributed by atoms with E-state index in [-0.39, 0.29) is 5.56 Å². The summed E-state index contributed by atoms with van der Waals surface area (Å²) in [6.07, 6.45) is 2.20. The van der Waals surface area contributed by atoms with E-state index in [9.17, 15) is 4.79 Å². The first kappa shape index (κ1) is 11.4. The van der Waals surface area contributed by atoms with E-state index < -0.39 is 0 Å². The lowest BCUT2D eigenvalue weighted by atomic mass is 10.1. The van der Waals surface area contributed by atoms with Crippen molar-refractivity contribution in [3.63, 3.8) is 0 Å². The number of aromatic nitrogens is 2. The van der Waals surface area contributed by atoms with Crippen LogP contribution in [0.25, 0.3) is 0 Å². The Morgan fingerprint density at radius 2 is 2.21 bits per heavy atom. The van der Waals surface area contributed by atoms with Crippen molar-refractivity contribution in [2.75, 3.05) is 0 Å². The van der Waals surface area contributed by atoms with Crippen LogP contribution in [0.15, 0.2) is 4.79 Å². The van der Waals surface area contributed by atoms with Crippen LogP contribution < -0.4 is 5.56 Å². The average molecular weight is 217 g/mol. The third-order valence-corrected chi connectivity index (χ3v) is 3.15. The van der Waals surface area contributed by atoms with E-state index in [1.807, 2.05) is 0 Å². The molecule has 1 aromatic heterocycles. The van der Waals surface area contributed by atoms with Gasteiger partial charge in [-0.15, -0.1) is 0 Å². The highest BCUT2D eigenvalue weighted by molar-refractivity contribution is 6.30. The Labute approximate surface area is 89.1 Å². The minimum Gasteiger partial charge on any atom is -0.274 e. The summed E-state index contributed by atoms with van der Waals surface area (Å²) in [6, 6.07) is 0. The number of aromatic amines is 1. The molecule has 1 aromatic rings. The van der Waals surface area contributed by atoms with Gasteiger partial charge in [-0.25, -0.2) is 0 Å². The second kappa shape index (κ2) is 4.69. The highest BCUT2D eigenvalue weighted by Gasteiger charge is 2.08. The summed E-state index contributed by atoms with van der Waals surface area (Å²) in [4.78, 5) is 11.2. The summed E-state index contributed by atoms with van der Waals surface area (Å²) in [5, 5.41) is 3.26. The van der Waals surface area contributed by atoms with Crippen LogP contribution in [-0.4, -0.2) is 9.78 Å². The summed E-state index contributed by atoms with van der Waals surface area (Å²) < 4.78 is 1.73. The summed E-state index contributed by atoms with van der Waals surface area (Å²) in [6.45, 7) is 6.89. The molecule has 14 heavy (non-hydrogen) atoms. The van der Waals surface area contributed by atoms with Crippen molar-refractivity contribution >= 4 is 11.6 Å². The lowest BCUT2D eigenvalue weighted by Gasteiger charge is -2.09. The summed E-state index contributed by atoms with van der Waals surface area (Å²) in [5.41, 5.74) is 0.523. The normalized spacial score (nSPS) is 13.1. The van der Waals surface area contributed by atoms with Crippen LogP contribution in [0.1, 0.15) is 32.3 Å². The molecule has 0 aliphatic carbocycles. The van der Waals surface area contributed by atoms with Crippen LogP contribution in [0.3, 0.4) is 0 Å². The molecular formula is C10H17ClN2O. The number of hydrogen-bond acceptors (Lipinski definition) is 1. The van der Waals surface area contributed by atoms with Gasteiger partial charge in [-0.05, 0) is 19.3 Å². The molecule has 0 aliphatic heterocycles. The van der Waals surface area contributed by atoms with Crippen molar-refractivity contribution in [2.45, 2.75) is 40.2 Å². The molecule has 3 nitrogen and oxygen atoms in total. The Morgan fingerprint density at radius 1 is 1.57 bits per heavy atom. The highest BCUT2D eigenvalue weighted by atomic mass is 35.5. The number of hydrogen-bond donors (Lipinski definition) is 1. The molecule has 0 aliphatic rings. The van der Waals surface area contributed by atoms with E-state index in [0.29, 0.717) is 16.6 Å². The zero-order valence-corrected chi connectivity index (χ0v) is 9.69. The van der Waals surface area contributed by atoms with Crippen LogP contribution >= 0.6 is 11.6 Å². The third kappa shape index (κ3) is 2.41. The van der Waals surface area contributed by atoms with E-state index in [2.05, 4.69) is 18.9 Å². The fourth-order valence-corrected chi connectivity index (χ4v) is 1.47. The van der Waals surface area contributed by atoms with Crippen molar-refractivity contribution < 1.29 is 0 Å². The van der Waals surface area contributed by atoms with Gasteiger partial charge in [0, 0.05) is 6.54 Å². The Morgan fingerprint density at radius 3 is 2.64 bits per heavy atom. The van der Waals surface area contributed by atoms with E-state index >= 15 is 0 Å². The molecule has 1 N–H and O–H groups in total. The van der Waals surface area contributed by atoms with Crippen molar-refractivity contribution in [1.82, 2.24) is 9.78 Å². The predicted molar refractivity (Wildman–Crippen MR) is 58.9 cm³/mol. The number of nitrogens with zero attached hydrogens (tertiary/aromatic N) is 1. The molecule has 0 amide bonds. The largest absolute Gasteiger partial charge is 0.274 e. The summed E-state index contributed by atoms with van der Waals surface area (Å²) >= 11 is 5.97. The lowest BCUT2D eigenvalue weighted by Crippen LogP contribution is -2.08. The second-order valence-electron chi connectivity index (χ2n) is 3.81. The minimum atomic E-state index is -0.0841. The van der Waals surface area contributed by atoms with Gasteiger partial charge >= 0.3 is 0 Å². The molecule has 1 atom stereocenters. The first-order valence-corrected chi connectivity index (χ1v) is 5.39. The highest BCUT2D eigenvalue weighted by Crippen LogP contribution is 2.13. The standard InChI is InChI=1S/C10H17ClN2O/c1-4-7(2)5-6-13-9(11)8(3)10(14)12-13/h7H,4-6H2,1-3H3,(H,12,14). The Hall–Kier alpha value is -0.700. The number of halogens is 1. The minimum absolute atomic E-state index is 0.0841. The van der Waals surface area contributed by atoms with Crippen molar-refractivity contribution in [1.29, 1.82) is 0 Å². The van der Waals surface area contributed by atoms with E-state index in [1.54, 1.807) is 11.6 Å². The van der Waals surface area contributed by atoms with Gasteiger partial charge in [0.25, 0.3) is 5.56 Å². The first-order valence-electron chi connectivity index (χ1n) is 5.01. The molecule has 1 rings (SSSR count). The predicted octanol–water partition coefficient (Wildman–Crippen LogP) is 2.57. The fraction of sp³-hybridized carbons (Fsp3) is 0.700. The van der Waals surface area contributed by atoms with Gasteiger partial charge in [-0.3, -0.25) is 14.6 Å². The van der Waals surface area contributed by atoms with Gasteiger partial charge in [-0.2, -0.15) is 0 Å². The molecule has 0 radical (unpaired) electrons. The van der Waals surface area contributed by atoms with Gasteiger partial charge in [-0.1, -0.05) is 31.9 Å². The van der Waals surface area contributed by atoms with Gasteiger partial charge in [0.05, 0.1) is 5.56 Å². The molecule has 0 spiro atoms. The Bertz CT molecular complexity index is 353. The summed E-state index contributed by atoms with van der Waals surface area (Å²) in [7, 11) is 0. The number of nitrogens with one attached hydrogen (secondary N) is 1. The SMILES string of the molecule is CCC(C)CCn1[nH]c(=O)c(C)c1Cl. The van der Waals surface area contributed by atoms with E-state index in [0.717, 1.165) is 19.4 Å². The molecule has 0 bridgehead atoms. The molecule has 0 saturated carbocycles. The van der Waals surface area contributed by atoms with Crippen molar-refractivity contribution in [3.8, 4) is 0 Å². The maximum Gasteiger partial charge on any atom is 0.268 e. The van der Waals surface area contributed by atoms with Gasteiger partial charge in [0.1, 0.15) is 5.15 Å². The van der Waals surface area contributed by atoms with Gasteiger partial charge < -0.3 is 0 Å². The first-order chi connectivity index (χ1) is 6.56. The molecular weight excluding hydrogens is 200 g/mol. The topological polar surface area (TPSA) is 37.8 Å². The average Bonchev–Trinajstić information content (AvgIpc) is 2.42. The quantitative estimate of drug-likeness (QED) is 0.826. The smallest absolute Gasteiger partial charge is 0.268 e. The van der Waals surface area contributed by atoms with Crippen LogP contribution in [0, 0.1) is 12.8 Å². The number of aryl methyl sites for hydroxylation is 1. The number of H-pyrrole nitrogens is 1. The molecule has 80 valence electrons. The molecule has 1 heterocycles. The zero-order chi connectivity index (χ0) is 10.7. The molecule has 4 heteroatoms. The molecule has 0 aromatic carbocycles. The maximum absolute atomic E-state index is 11.2. The van der Waals surface area contributed by atoms with Crippen LogP contribution in [-0.2, 0) is 6.54 Å². The van der Waals surface area contributed by atoms with Gasteiger partial charge in [0.2, 0.25) is 0 Å². The monoisotopic (exact) mass is 216 g/mol. The van der Waals surface area contributed by atoms with Crippen LogP contribution in [0.4, 0.5) is 0 Å². The van der Waals surface area contributed by atoms with Gasteiger partial charge in [0.15, 0.2) is 0 Å². The second-order valence-corrected chi connectivity index (χ2v) is 4.17. The van der Waals surface area contributed by atoms with Crippen LogP contribution in [0.2, 0.25) is 5.15 Å². The van der Waals surface area contributed by atoms with Crippen LogP contribution in [0.5, 0.6) is 0 Å². The van der Waals surface area contributed by atoms with Crippen molar-refractivity contribution in [2.24, 2.45) is 5.92 Å². The van der Waals surface area contributed by atoms with Crippen molar-refractivity contribution in [3.05, 3.63) is 21.1 Å². The maximum atomic E-state index is 11.2. The van der Waals surface area contributed by atoms with E-state index in [1.165, 1.54) is 0 Å². The van der Waals surface area contributed by atoms with E-state index in [4.69, 9.17) is 11.6 Å². The Kier molecular flexibility index (Phi) is 3.81.